The van der Waals surface area contributed by atoms with Gasteiger partial charge in [-0.3, -0.25) is 4.90 Å². The molecule has 1 fully saturated rings. The van der Waals surface area contributed by atoms with Crippen LogP contribution in [0.5, 0.6) is 0 Å². The standard InChI is InChI=1S/C13H28N2/c1-6-13(14-5)11(4)15-8-7-12(9-15)10(2)3/h10-14H,6-9H2,1-5H3. The van der Waals surface area contributed by atoms with E-state index in [1.807, 2.05) is 0 Å². The van der Waals surface area contributed by atoms with Gasteiger partial charge in [0.25, 0.3) is 0 Å². The highest BCUT2D eigenvalue weighted by atomic mass is 15.2. The highest BCUT2D eigenvalue weighted by molar-refractivity contribution is 4.86. The molecule has 0 spiro atoms. The summed E-state index contributed by atoms with van der Waals surface area (Å²) in [6.07, 6.45) is 2.61. The van der Waals surface area contributed by atoms with Gasteiger partial charge in [0.2, 0.25) is 0 Å². The molecule has 0 aromatic heterocycles. The molecule has 3 atom stereocenters. The van der Waals surface area contributed by atoms with Crippen molar-refractivity contribution in [2.75, 3.05) is 20.1 Å². The molecule has 1 N–H and O–H groups in total. The Labute approximate surface area is 95.4 Å². The minimum absolute atomic E-state index is 0.649. The lowest BCUT2D eigenvalue weighted by Crippen LogP contribution is -2.46. The molecule has 0 aromatic rings. The monoisotopic (exact) mass is 212 g/mol. The minimum Gasteiger partial charge on any atom is -0.315 e. The zero-order chi connectivity index (χ0) is 11.4. The summed E-state index contributed by atoms with van der Waals surface area (Å²) in [6.45, 7) is 11.9. The lowest BCUT2D eigenvalue weighted by molar-refractivity contribution is 0.195. The van der Waals surface area contributed by atoms with E-state index in [-0.39, 0.29) is 0 Å². The molecule has 0 amide bonds. The molecule has 1 heterocycles. The summed E-state index contributed by atoms with van der Waals surface area (Å²) >= 11 is 0. The summed E-state index contributed by atoms with van der Waals surface area (Å²) in [7, 11) is 2.08. The summed E-state index contributed by atoms with van der Waals surface area (Å²) in [5.41, 5.74) is 0. The minimum atomic E-state index is 0.649. The Morgan fingerprint density at radius 3 is 2.40 bits per heavy atom. The third-order valence-electron chi connectivity index (χ3n) is 4.17. The number of hydrogen-bond acceptors (Lipinski definition) is 2. The van der Waals surface area contributed by atoms with E-state index in [9.17, 15) is 0 Å². The topological polar surface area (TPSA) is 15.3 Å². The highest BCUT2D eigenvalue weighted by Gasteiger charge is 2.30. The summed E-state index contributed by atoms with van der Waals surface area (Å²) in [5, 5.41) is 3.43. The third kappa shape index (κ3) is 3.18. The van der Waals surface area contributed by atoms with Gasteiger partial charge < -0.3 is 5.32 Å². The van der Waals surface area contributed by atoms with Gasteiger partial charge in [-0.1, -0.05) is 20.8 Å². The van der Waals surface area contributed by atoms with E-state index in [1.165, 1.54) is 25.9 Å². The van der Waals surface area contributed by atoms with E-state index in [2.05, 4.69) is 45.0 Å². The lowest BCUT2D eigenvalue weighted by atomic mass is 9.95. The predicted octanol–water partition coefficient (Wildman–Crippen LogP) is 2.35. The molecule has 15 heavy (non-hydrogen) atoms. The van der Waals surface area contributed by atoms with Crippen molar-refractivity contribution in [3.8, 4) is 0 Å². The van der Waals surface area contributed by atoms with Gasteiger partial charge in [-0.05, 0) is 45.2 Å². The van der Waals surface area contributed by atoms with Crippen molar-refractivity contribution in [1.82, 2.24) is 10.2 Å². The van der Waals surface area contributed by atoms with Crippen LogP contribution in [-0.4, -0.2) is 37.1 Å². The fourth-order valence-electron chi connectivity index (χ4n) is 2.77. The van der Waals surface area contributed by atoms with Crippen molar-refractivity contribution in [2.24, 2.45) is 11.8 Å². The molecule has 0 aromatic carbocycles. The van der Waals surface area contributed by atoms with Crippen LogP contribution in [-0.2, 0) is 0 Å². The SMILES string of the molecule is CCC(NC)C(C)N1CCC(C(C)C)C1. The zero-order valence-corrected chi connectivity index (χ0v) is 11.1. The maximum Gasteiger partial charge on any atom is 0.0220 e. The number of likely N-dealkylation sites (N-methyl/N-ethyl adjacent to an activating group) is 1. The fourth-order valence-corrected chi connectivity index (χ4v) is 2.77. The Bertz CT molecular complexity index is 175. The number of likely N-dealkylation sites (tertiary alicyclic amines) is 1. The largest absolute Gasteiger partial charge is 0.315 e. The summed E-state index contributed by atoms with van der Waals surface area (Å²) in [6, 6.07) is 1.33. The normalized spacial score (nSPS) is 27.2. The second-order valence-corrected chi connectivity index (χ2v) is 5.33. The third-order valence-corrected chi connectivity index (χ3v) is 4.17. The van der Waals surface area contributed by atoms with Gasteiger partial charge >= 0.3 is 0 Å². The number of nitrogens with one attached hydrogen (secondary N) is 1. The Morgan fingerprint density at radius 1 is 1.33 bits per heavy atom. The van der Waals surface area contributed by atoms with E-state index >= 15 is 0 Å². The molecule has 1 aliphatic rings. The van der Waals surface area contributed by atoms with Gasteiger partial charge in [-0.15, -0.1) is 0 Å². The molecule has 1 aliphatic heterocycles. The molecule has 90 valence electrons. The lowest BCUT2D eigenvalue weighted by Gasteiger charge is -2.31. The van der Waals surface area contributed by atoms with Gasteiger partial charge in [-0.25, -0.2) is 0 Å². The number of hydrogen-bond donors (Lipinski definition) is 1. The van der Waals surface area contributed by atoms with Crippen molar-refractivity contribution in [2.45, 2.75) is 52.6 Å². The van der Waals surface area contributed by atoms with Crippen LogP contribution < -0.4 is 5.32 Å². The molecule has 1 saturated heterocycles. The summed E-state index contributed by atoms with van der Waals surface area (Å²) < 4.78 is 0. The first-order valence-corrected chi connectivity index (χ1v) is 6.51. The van der Waals surface area contributed by atoms with Crippen molar-refractivity contribution in [3.63, 3.8) is 0 Å². The second-order valence-electron chi connectivity index (χ2n) is 5.33. The van der Waals surface area contributed by atoms with E-state index in [4.69, 9.17) is 0 Å². The van der Waals surface area contributed by atoms with E-state index in [0.29, 0.717) is 12.1 Å². The van der Waals surface area contributed by atoms with Gasteiger partial charge in [0, 0.05) is 18.6 Å². The van der Waals surface area contributed by atoms with E-state index in [0.717, 1.165) is 11.8 Å². The molecular weight excluding hydrogens is 184 g/mol. The predicted molar refractivity (Wildman–Crippen MR) is 67.1 cm³/mol. The average Bonchev–Trinajstić information content (AvgIpc) is 2.68. The molecule has 0 bridgehead atoms. The molecule has 3 unspecified atom stereocenters. The Kier molecular flexibility index (Phi) is 5.07. The van der Waals surface area contributed by atoms with Crippen LogP contribution in [0.1, 0.15) is 40.5 Å². The molecule has 1 rings (SSSR count). The molecule has 0 aliphatic carbocycles. The van der Waals surface area contributed by atoms with E-state index in [1.54, 1.807) is 0 Å². The summed E-state index contributed by atoms with van der Waals surface area (Å²) in [4.78, 5) is 2.66. The van der Waals surface area contributed by atoms with Crippen LogP contribution in [0.25, 0.3) is 0 Å². The van der Waals surface area contributed by atoms with Crippen LogP contribution in [0.15, 0.2) is 0 Å². The maximum atomic E-state index is 3.43. The molecule has 0 saturated carbocycles. The van der Waals surface area contributed by atoms with Crippen molar-refractivity contribution < 1.29 is 0 Å². The first kappa shape index (κ1) is 13.0. The highest BCUT2D eigenvalue weighted by Crippen LogP contribution is 2.26. The first-order chi connectivity index (χ1) is 7.10. The van der Waals surface area contributed by atoms with Gasteiger partial charge in [0.15, 0.2) is 0 Å². The first-order valence-electron chi connectivity index (χ1n) is 6.51. The van der Waals surface area contributed by atoms with Crippen LogP contribution in [0, 0.1) is 11.8 Å². The van der Waals surface area contributed by atoms with Crippen LogP contribution in [0.2, 0.25) is 0 Å². The van der Waals surface area contributed by atoms with Crippen LogP contribution in [0.4, 0.5) is 0 Å². The number of nitrogens with zero attached hydrogens (tertiary/aromatic N) is 1. The van der Waals surface area contributed by atoms with Crippen molar-refractivity contribution in [1.29, 1.82) is 0 Å². The average molecular weight is 212 g/mol. The Balaban J connectivity index is 2.45. The summed E-state index contributed by atoms with van der Waals surface area (Å²) in [5.74, 6) is 1.76. The Morgan fingerprint density at radius 2 is 2.00 bits per heavy atom. The van der Waals surface area contributed by atoms with Crippen LogP contribution in [0.3, 0.4) is 0 Å². The Hall–Kier alpha value is -0.0800. The fraction of sp³-hybridized carbons (Fsp3) is 1.00. The van der Waals surface area contributed by atoms with E-state index < -0.39 is 0 Å². The smallest absolute Gasteiger partial charge is 0.0220 e. The van der Waals surface area contributed by atoms with Gasteiger partial charge in [-0.2, -0.15) is 0 Å². The second kappa shape index (κ2) is 5.86. The van der Waals surface area contributed by atoms with Crippen molar-refractivity contribution >= 4 is 0 Å². The molecular formula is C13H28N2. The molecule has 2 heteroatoms. The van der Waals surface area contributed by atoms with Crippen LogP contribution >= 0.6 is 0 Å². The number of rotatable bonds is 5. The van der Waals surface area contributed by atoms with Gasteiger partial charge in [0.1, 0.15) is 0 Å². The van der Waals surface area contributed by atoms with Gasteiger partial charge in [0.05, 0.1) is 0 Å². The molecule has 0 radical (unpaired) electrons. The zero-order valence-electron chi connectivity index (χ0n) is 11.1. The molecule has 2 nitrogen and oxygen atoms in total. The quantitative estimate of drug-likeness (QED) is 0.752. The maximum absolute atomic E-state index is 3.43. The van der Waals surface area contributed by atoms with Crippen molar-refractivity contribution in [3.05, 3.63) is 0 Å².